The number of fused-ring (bicyclic) bond motifs is 1. The molecule has 0 spiro atoms. The Morgan fingerprint density at radius 3 is 2.48 bits per heavy atom. The highest BCUT2D eigenvalue weighted by atomic mass is 16.7. The van der Waals surface area contributed by atoms with Crippen LogP contribution in [-0.4, -0.2) is 27.4 Å². The number of nitrogens with zero attached hydrogens (tertiary/aromatic N) is 3. The van der Waals surface area contributed by atoms with Gasteiger partial charge < -0.3 is 29.4 Å². The highest BCUT2D eigenvalue weighted by Gasteiger charge is 2.14. The van der Waals surface area contributed by atoms with Gasteiger partial charge >= 0.3 is 6.03 Å². The minimum absolute atomic E-state index is 0.183. The zero-order valence-corrected chi connectivity index (χ0v) is 16.2. The summed E-state index contributed by atoms with van der Waals surface area (Å²) in [5.41, 5.74) is 1.21. The summed E-state index contributed by atoms with van der Waals surface area (Å²) in [6.07, 6.45) is 5.23. The van der Waals surface area contributed by atoms with Gasteiger partial charge in [0.2, 0.25) is 12.7 Å². The number of anilines is 2. The van der Waals surface area contributed by atoms with Crippen molar-refractivity contribution in [1.29, 1.82) is 0 Å². The molecule has 5 rings (SSSR count). The summed E-state index contributed by atoms with van der Waals surface area (Å²) >= 11 is 0. The fourth-order valence-electron chi connectivity index (χ4n) is 3.01. The lowest BCUT2D eigenvalue weighted by atomic mass is 10.3. The molecule has 0 atom stereocenters. The molecule has 0 saturated heterocycles. The van der Waals surface area contributed by atoms with Gasteiger partial charge in [0.15, 0.2) is 11.5 Å². The summed E-state index contributed by atoms with van der Waals surface area (Å²) in [6.45, 7) is 0.183. The largest absolute Gasteiger partial charge is 0.454 e. The van der Waals surface area contributed by atoms with Crippen LogP contribution in [0.15, 0.2) is 79.4 Å². The first-order valence-electron chi connectivity index (χ1n) is 9.44. The number of hydrogen-bond acceptors (Lipinski definition) is 6. The lowest BCUT2D eigenvalue weighted by molar-refractivity contribution is 0.174. The van der Waals surface area contributed by atoms with Crippen molar-refractivity contribution in [2.24, 2.45) is 0 Å². The van der Waals surface area contributed by atoms with E-state index in [1.165, 1.54) is 6.33 Å². The number of aromatic nitrogens is 3. The van der Waals surface area contributed by atoms with Gasteiger partial charge in [-0.25, -0.2) is 14.8 Å². The smallest absolute Gasteiger partial charge is 0.323 e. The van der Waals surface area contributed by atoms with Gasteiger partial charge in [-0.1, -0.05) is 0 Å². The van der Waals surface area contributed by atoms with Crippen LogP contribution >= 0.6 is 0 Å². The van der Waals surface area contributed by atoms with Crippen molar-refractivity contribution in [3.8, 4) is 28.9 Å². The Bertz CT molecular complexity index is 1210. The average Bonchev–Trinajstić information content (AvgIpc) is 3.47. The van der Waals surface area contributed by atoms with E-state index < -0.39 is 0 Å². The lowest BCUT2D eigenvalue weighted by Crippen LogP contribution is -2.19. The van der Waals surface area contributed by atoms with Crippen molar-refractivity contribution < 1.29 is 19.0 Å². The van der Waals surface area contributed by atoms with Crippen LogP contribution < -0.4 is 24.8 Å². The van der Waals surface area contributed by atoms with Crippen molar-refractivity contribution in [1.82, 2.24) is 14.5 Å². The van der Waals surface area contributed by atoms with Crippen LogP contribution in [-0.2, 0) is 0 Å². The maximum Gasteiger partial charge on any atom is 0.323 e. The second kappa shape index (κ2) is 8.07. The molecule has 1 aliphatic heterocycles. The van der Waals surface area contributed by atoms with Crippen LogP contribution in [0.5, 0.6) is 23.1 Å². The van der Waals surface area contributed by atoms with Crippen molar-refractivity contribution in [3.63, 3.8) is 0 Å². The summed E-state index contributed by atoms with van der Waals surface area (Å²) in [5, 5.41) is 5.53. The number of urea groups is 1. The number of ether oxygens (including phenoxy) is 3. The number of hydrogen-bond donors (Lipinski definition) is 2. The Labute approximate surface area is 177 Å². The Balaban J connectivity index is 1.20. The van der Waals surface area contributed by atoms with Gasteiger partial charge in [-0.3, -0.25) is 0 Å². The molecule has 0 saturated carbocycles. The van der Waals surface area contributed by atoms with E-state index in [1.54, 1.807) is 48.5 Å². The van der Waals surface area contributed by atoms with Crippen molar-refractivity contribution in [2.75, 3.05) is 17.4 Å². The van der Waals surface area contributed by atoms with Gasteiger partial charge in [0.05, 0.1) is 0 Å². The monoisotopic (exact) mass is 415 g/mol. The third-order valence-electron chi connectivity index (χ3n) is 4.46. The van der Waals surface area contributed by atoms with E-state index in [0.29, 0.717) is 40.3 Å². The van der Waals surface area contributed by atoms with E-state index in [0.717, 1.165) is 0 Å². The zero-order valence-electron chi connectivity index (χ0n) is 16.2. The zero-order chi connectivity index (χ0) is 21.0. The number of nitrogens with one attached hydrogen (secondary N) is 2. The van der Waals surface area contributed by atoms with Crippen molar-refractivity contribution in [2.45, 2.75) is 0 Å². The lowest BCUT2D eigenvalue weighted by Gasteiger charge is -2.10. The number of amides is 2. The molecule has 9 nitrogen and oxygen atoms in total. The highest BCUT2D eigenvalue weighted by molar-refractivity contribution is 6.00. The Hall–Kier alpha value is -4.53. The van der Waals surface area contributed by atoms with Gasteiger partial charge in [0.1, 0.15) is 17.9 Å². The predicted molar refractivity (Wildman–Crippen MR) is 113 cm³/mol. The number of rotatable bonds is 5. The first-order chi connectivity index (χ1) is 15.2. The van der Waals surface area contributed by atoms with Crippen LogP contribution in [0, 0.1) is 0 Å². The predicted octanol–water partition coefficient (Wildman–Crippen LogP) is 4.43. The van der Waals surface area contributed by atoms with E-state index in [-0.39, 0.29) is 12.8 Å². The molecule has 0 unspecified atom stereocenters. The van der Waals surface area contributed by atoms with Crippen LogP contribution in [0.4, 0.5) is 16.2 Å². The summed E-state index contributed by atoms with van der Waals surface area (Å²) < 4.78 is 18.2. The second-order valence-electron chi connectivity index (χ2n) is 6.58. The SMILES string of the molecule is O=C(Nc1ccc(Oc2cc(-n3cccc3)ncn2)cc1)Nc1ccc2c(c1)OCO2. The van der Waals surface area contributed by atoms with E-state index in [9.17, 15) is 4.79 Å². The minimum Gasteiger partial charge on any atom is -0.454 e. The van der Waals surface area contributed by atoms with E-state index >= 15 is 0 Å². The molecule has 4 aromatic rings. The Kier molecular flexibility index (Phi) is 4.82. The molecule has 31 heavy (non-hydrogen) atoms. The molecular formula is C22H17N5O4. The topological polar surface area (TPSA) is 99.5 Å². The molecule has 2 aromatic heterocycles. The molecule has 0 aliphatic carbocycles. The minimum atomic E-state index is -0.375. The molecule has 2 N–H and O–H groups in total. The Morgan fingerprint density at radius 1 is 0.903 bits per heavy atom. The fraction of sp³-hybridized carbons (Fsp3) is 0.0455. The van der Waals surface area contributed by atoms with Crippen LogP contribution in [0.25, 0.3) is 5.82 Å². The molecule has 2 aromatic carbocycles. The van der Waals surface area contributed by atoms with Gasteiger partial charge in [-0.2, -0.15) is 0 Å². The molecule has 0 bridgehead atoms. The maximum absolute atomic E-state index is 12.3. The Morgan fingerprint density at radius 2 is 1.65 bits per heavy atom. The fourth-order valence-corrected chi connectivity index (χ4v) is 3.01. The van der Waals surface area contributed by atoms with E-state index in [1.807, 2.05) is 29.1 Å². The van der Waals surface area contributed by atoms with Gasteiger partial charge in [-0.05, 0) is 48.5 Å². The number of carbonyl (C=O) groups excluding carboxylic acids is 1. The summed E-state index contributed by atoms with van der Waals surface area (Å²) in [4.78, 5) is 20.6. The molecular weight excluding hydrogens is 398 g/mol. The van der Waals surface area contributed by atoms with Crippen LogP contribution in [0.3, 0.4) is 0 Å². The van der Waals surface area contributed by atoms with Gasteiger partial charge in [-0.15, -0.1) is 0 Å². The van der Waals surface area contributed by atoms with Gasteiger partial charge in [0, 0.05) is 35.9 Å². The van der Waals surface area contributed by atoms with Crippen molar-refractivity contribution in [3.05, 3.63) is 79.4 Å². The van der Waals surface area contributed by atoms with Crippen LogP contribution in [0.2, 0.25) is 0 Å². The normalized spacial score (nSPS) is 11.7. The van der Waals surface area contributed by atoms with E-state index in [4.69, 9.17) is 14.2 Å². The number of carbonyl (C=O) groups is 1. The molecule has 1 aliphatic rings. The highest BCUT2D eigenvalue weighted by Crippen LogP contribution is 2.34. The third-order valence-corrected chi connectivity index (χ3v) is 4.46. The quantitative estimate of drug-likeness (QED) is 0.500. The maximum atomic E-state index is 12.3. The standard InChI is InChI=1S/C22H17N5O4/c28-22(26-16-5-8-18-19(11-16)30-14-29-18)25-15-3-6-17(7-4-15)31-21-12-20(23-13-24-21)27-9-1-2-10-27/h1-13H,14H2,(H2,25,26,28). The van der Waals surface area contributed by atoms with Crippen LogP contribution in [0.1, 0.15) is 0 Å². The molecule has 3 heterocycles. The number of benzene rings is 2. The van der Waals surface area contributed by atoms with E-state index in [2.05, 4.69) is 20.6 Å². The molecule has 0 radical (unpaired) electrons. The first-order valence-corrected chi connectivity index (χ1v) is 9.44. The molecule has 154 valence electrons. The third kappa shape index (κ3) is 4.25. The summed E-state index contributed by atoms with van der Waals surface area (Å²) in [5.74, 6) is 2.96. The average molecular weight is 415 g/mol. The molecule has 0 fully saturated rings. The van der Waals surface area contributed by atoms with Gasteiger partial charge in [0.25, 0.3) is 0 Å². The first kappa shape index (κ1) is 18.5. The summed E-state index contributed by atoms with van der Waals surface area (Å²) in [7, 11) is 0. The second-order valence-corrected chi connectivity index (χ2v) is 6.58. The molecule has 9 heteroatoms. The summed E-state index contributed by atoms with van der Waals surface area (Å²) in [6, 6.07) is 17.4. The van der Waals surface area contributed by atoms with Crippen molar-refractivity contribution >= 4 is 17.4 Å². The molecule has 2 amide bonds.